The Morgan fingerprint density at radius 1 is 1.00 bits per heavy atom. The topological polar surface area (TPSA) is 78.3 Å². The maximum Gasteiger partial charge on any atom is 0.336 e. The number of anilines is 1. The van der Waals surface area contributed by atoms with E-state index in [9.17, 15) is 9.18 Å². The monoisotopic (exact) mass is 446 g/mol. The minimum Gasteiger partial charge on any atom is -0.460 e. The quantitative estimate of drug-likeness (QED) is 0.398. The summed E-state index contributed by atoms with van der Waals surface area (Å²) in [5.41, 5.74) is 3.21. The molecule has 0 aliphatic rings. The van der Waals surface area contributed by atoms with E-state index in [0.29, 0.717) is 24.7 Å². The normalized spacial score (nSPS) is 10.8. The van der Waals surface area contributed by atoms with Gasteiger partial charge in [-0.2, -0.15) is 4.98 Å². The van der Waals surface area contributed by atoms with Gasteiger partial charge in [0, 0.05) is 18.4 Å². The Labute approximate surface area is 190 Å². The van der Waals surface area contributed by atoms with Crippen molar-refractivity contribution in [1.82, 2.24) is 14.8 Å². The first-order chi connectivity index (χ1) is 16.1. The summed E-state index contributed by atoms with van der Waals surface area (Å²) in [6.45, 7) is 2.75. The molecule has 0 atom stereocenters. The second-order valence-electron chi connectivity index (χ2n) is 7.27. The number of hydrogen-bond acceptors (Lipinski definition) is 5. The van der Waals surface area contributed by atoms with E-state index in [0.717, 1.165) is 16.8 Å². The predicted molar refractivity (Wildman–Crippen MR) is 123 cm³/mol. The average Bonchev–Trinajstić information content (AvgIpc) is 3.24. The molecule has 0 spiro atoms. The number of methoxy groups -OCH3 is 1. The van der Waals surface area contributed by atoms with Crippen molar-refractivity contribution in [3.05, 3.63) is 89.7 Å². The van der Waals surface area contributed by atoms with Crippen LogP contribution in [0, 0.1) is 12.7 Å². The number of carbonyl (C=O) groups excluding carboxylic acids is 1. The van der Waals surface area contributed by atoms with Gasteiger partial charge in [-0.25, -0.2) is 9.07 Å². The molecule has 1 amide bonds. The first-order valence-electron chi connectivity index (χ1n) is 10.4. The first kappa shape index (κ1) is 22.2. The molecule has 4 aromatic rings. The minimum absolute atomic E-state index is 0.0162. The van der Waals surface area contributed by atoms with Crippen molar-refractivity contribution in [1.29, 1.82) is 0 Å². The Bertz CT molecular complexity index is 1250. The number of halogens is 1. The van der Waals surface area contributed by atoms with E-state index in [1.54, 1.807) is 42.1 Å². The van der Waals surface area contributed by atoms with Gasteiger partial charge in [0.1, 0.15) is 12.4 Å². The Morgan fingerprint density at radius 3 is 2.45 bits per heavy atom. The molecular weight excluding hydrogens is 423 g/mol. The first-order valence-corrected chi connectivity index (χ1v) is 10.4. The molecule has 0 bridgehead atoms. The molecule has 4 rings (SSSR count). The highest BCUT2D eigenvalue weighted by molar-refractivity contribution is 6.04. The van der Waals surface area contributed by atoms with Crippen molar-refractivity contribution in [2.75, 3.05) is 25.6 Å². The average molecular weight is 446 g/mol. The fourth-order valence-electron chi connectivity index (χ4n) is 3.28. The van der Waals surface area contributed by atoms with Crippen LogP contribution in [-0.2, 0) is 4.74 Å². The van der Waals surface area contributed by atoms with E-state index in [4.69, 9.17) is 9.47 Å². The zero-order valence-corrected chi connectivity index (χ0v) is 18.3. The second kappa shape index (κ2) is 10.1. The molecule has 0 radical (unpaired) electrons. The molecule has 0 saturated carbocycles. The molecular formula is C25H23FN4O3. The summed E-state index contributed by atoms with van der Waals surface area (Å²) < 4.78 is 26.2. The lowest BCUT2D eigenvalue weighted by molar-refractivity contribution is 0.102. The van der Waals surface area contributed by atoms with Gasteiger partial charge in [-0.15, -0.1) is 5.10 Å². The van der Waals surface area contributed by atoms with E-state index in [1.807, 2.05) is 31.2 Å². The summed E-state index contributed by atoms with van der Waals surface area (Å²) in [7, 11) is 1.60. The van der Waals surface area contributed by atoms with Crippen molar-refractivity contribution < 1.29 is 18.7 Å². The zero-order valence-electron chi connectivity index (χ0n) is 18.3. The van der Waals surface area contributed by atoms with Crippen molar-refractivity contribution in [3.63, 3.8) is 0 Å². The zero-order chi connectivity index (χ0) is 23.2. The summed E-state index contributed by atoms with van der Waals surface area (Å²) >= 11 is 0. The van der Waals surface area contributed by atoms with Gasteiger partial charge in [0.15, 0.2) is 5.82 Å². The van der Waals surface area contributed by atoms with Crippen LogP contribution < -0.4 is 10.1 Å². The van der Waals surface area contributed by atoms with Crippen LogP contribution in [0.5, 0.6) is 6.01 Å². The molecule has 7 nitrogen and oxygen atoms in total. The van der Waals surface area contributed by atoms with Crippen molar-refractivity contribution in [2.24, 2.45) is 0 Å². The van der Waals surface area contributed by atoms with E-state index in [2.05, 4.69) is 15.4 Å². The number of benzene rings is 3. The third-order valence-corrected chi connectivity index (χ3v) is 4.98. The fourth-order valence-corrected chi connectivity index (χ4v) is 3.28. The maximum absolute atomic E-state index is 13.9. The third kappa shape index (κ3) is 5.07. The van der Waals surface area contributed by atoms with Gasteiger partial charge < -0.3 is 14.8 Å². The Balaban J connectivity index is 1.62. The molecule has 168 valence electrons. The number of nitrogens with one attached hydrogen (secondary N) is 1. The number of carbonyl (C=O) groups is 1. The Kier molecular flexibility index (Phi) is 6.75. The summed E-state index contributed by atoms with van der Waals surface area (Å²) in [5, 5.41) is 7.22. The molecule has 1 heterocycles. The van der Waals surface area contributed by atoms with Crippen molar-refractivity contribution in [3.8, 4) is 23.1 Å². The summed E-state index contributed by atoms with van der Waals surface area (Å²) in [6, 6.07) is 21.0. The molecule has 0 unspecified atom stereocenters. The fraction of sp³-hybridized carbons (Fsp3) is 0.160. The summed E-state index contributed by atoms with van der Waals surface area (Å²) in [5.74, 6) is -0.460. The Hall–Kier alpha value is -4.04. The molecule has 3 aromatic carbocycles. The van der Waals surface area contributed by atoms with Crippen LogP contribution in [-0.4, -0.2) is 41.0 Å². The maximum atomic E-state index is 13.9. The van der Waals surface area contributed by atoms with Crippen LogP contribution in [0.25, 0.3) is 17.1 Å². The Morgan fingerprint density at radius 2 is 1.73 bits per heavy atom. The second-order valence-corrected chi connectivity index (χ2v) is 7.27. The number of nitrogens with zero attached hydrogens (tertiary/aromatic N) is 3. The van der Waals surface area contributed by atoms with Gasteiger partial charge in [-0.3, -0.25) is 4.79 Å². The molecule has 0 aliphatic heterocycles. The van der Waals surface area contributed by atoms with Crippen molar-refractivity contribution >= 4 is 11.6 Å². The van der Waals surface area contributed by atoms with Crippen LogP contribution in [0.1, 0.15) is 15.9 Å². The van der Waals surface area contributed by atoms with E-state index >= 15 is 0 Å². The summed E-state index contributed by atoms with van der Waals surface area (Å²) in [6.07, 6.45) is 0. The number of ether oxygens (including phenoxy) is 2. The standard InChI is InChI=1S/C25H23FN4O3/c1-17-7-3-4-8-20(17)23-28-25(33-16-15-32-2)29-30(23)19-13-11-18(12-14-19)27-24(31)21-9-5-6-10-22(21)26/h3-14H,15-16H2,1-2H3,(H,27,31). The van der Waals surface area contributed by atoms with E-state index in [1.165, 1.54) is 18.2 Å². The van der Waals surface area contributed by atoms with Gasteiger partial charge in [-0.05, 0) is 48.9 Å². The van der Waals surface area contributed by atoms with E-state index in [-0.39, 0.29) is 11.6 Å². The third-order valence-electron chi connectivity index (χ3n) is 4.98. The number of amides is 1. The molecule has 33 heavy (non-hydrogen) atoms. The number of aryl methyl sites for hydroxylation is 1. The lowest BCUT2D eigenvalue weighted by Crippen LogP contribution is -2.13. The van der Waals surface area contributed by atoms with Crippen LogP contribution in [0.4, 0.5) is 10.1 Å². The number of aromatic nitrogens is 3. The van der Waals surface area contributed by atoms with Crippen molar-refractivity contribution in [2.45, 2.75) is 6.92 Å². The van der Waals surface area contributed by atoms with Crippen LogP contribution in [0.3, 0.4) is 0 Å². The molecule has 1 N–H and O–H groups in total. The van der Waals surface area contributed by atoms with Crippen LogP contribution in [0.15, 0.2) is 72.8 Å². The number of rotatable bonds is 8. The van der Waals surface area contributed by atoms with Gasteiger partial charge in [-0.1, -0.05) is 36.4 Å². The van der Waals surface area contributed by atoms with Gasteiger partial charge >= 0.3 is 6.01 Å². The highest BCUT2D eigenvalue weighted by atomic mass is 19.1. The van der Waals surface area contributed by atoms with E-state index < -0.39 is 11.7 Å². The predicted octanol–water partition coefficient (Wildman–Crippen LogP) is 4.66. The minimum atomic E-state index is -0.571. The molecule has 8 heteroatoms. The highest BCUT2D eigenvalue weighted by Gasteiger charge is 2.17. The molecule has 0 aliphatic carbocycles. The number of hydrogen-bond donors (Lipinski definition) is 1. The SMILES string of the molecule is COCCOc1nc(-c2ccccc2C)n(-c2ccc(NC(=O)c3ccccc3F)cc2)n1. The smallest absolute Gasteiger partial charge is 0.336 e. The summed E-state index contributed by atoms with van der Waals surface area (Å²) in [4.78, 5) is 17.0. The largest absolute Gasteiger partial charge is 0.460 e. The molecule has 1 aromatic heterocycles. The molecule has 0 saturated heterocycles. The lowest BCUT2D eigenvalue weighted by atomic mass is 10.1. The van der Waals surface area contributed by atoms with Crippen LogP contribution in [0.2, 0.25) is 0 Å². The van der Waals surface area contributed by atoms with Crippen LogP contribution >= 0.6 is 0 Å². The van der Waals surface area contributed by atoms with Gasteiger partial charge in [0.25, 0.3) is 5.91 Å². The lowest BCUT2D eigenvalue weighted by Gasteiger charge is -2.10. The van der Waals surface area contributed by atoms with Gasteiger partial charge in [0.2, 0.25) is 0 Å². The van der Waals surface area contributed by atoms with Gasteiger partial charge in [0.05, 0.1) is 17.9 Å². The molecule has 0 fully saturated rings. The highest BCUT2D eigenvalue weighted by Crippen LogP contribution is 2.27.